The van der Waals surface area contributed by atoms with Gasteiger partial charge in [-0.05, 0) is 19.4 Å². The van der Waals surface area contributed by atoms with Crippen molar-refractivity contribution >= 4 is 30.8 Å². The Morgan fingerprint density at radius 2 is 1.71 bits per heavy atom. The Balaban J connectivity index is 0.000000706. The summed E-state index contributed by atoms with van der Waals surface area (Å²) in [7, 11) is 0. The van der Waals surface area contributed by atoms with Crippen LogP contribution < -0.4 is 10.6 Å². The molecule has 28 heavy (non-hydrogen) atoms. The second-order valence-electron chi connectivity index (χ2n) is 6.97. The van der Waals surface area contributed by atoms with E-state index in [1.54, 1.807) is 11.4 Å². The topological polar surface area (TPSA) is 75.6 Å². The molecule has 146 valence electrons. The van der Waals surface area contributed by atoms with Crippen molar-refractivity contribution in [3.8, 4) is 0 Å². The molecule has 0 amide bonds. The van der Waals surface area contributed by atoms with Crippen LogP contribution in [0.1, 0.15) is 17.0 Å². The summed E-state index contributed by atoms with van der Waals surface area (Å²) in [5, 5.41) is 4.31. The Bertz CT molecular complexity index is 931. The van der Waals surface area contributed by atoms with Crippen LogP contribution in [-0.4, -0.2) is 64.1 Å². The number of hydrogen-bond donors (Lipinski definition) is 1. The molecule has 3 aromatic rings. The molecule has 2 aromatic heterocycles. The Hall–Kier alpha value is -2.74. The number of nitrogens with two attached hydrogens (primary N) is 1. The number of aryl methyl sites for hydroxylation is 2. The summed E-state index contributed by atoms with van der Waals surface area (Å²) in [4.78, 5) is 13.9. The van der Waals surface area contributed by atoms with Crippen LogP contribution in [0.5, 0.6) is 0 Å². The maximum Gasteiger partial charge on any atom is 0.225 e. The molecule has 1 aliphatic rings. The molecule has 1 aliphatic heterocycles. The minimum absolute atomic E-state index is 0.392. The van der Waals surface area contributed by atoms with Gasteiger partial charge in [-0.15, -0.1) is 5.10 Å². The van der Waals surface area contributed by atoms with Gasteiger partial charge < -0.3 is 10.6 Å². The van der Waals surface area contributed by atoms with E-state index in [-0.39, 0.29) is 0 Å². The summed E-state index contributed by atoms with van der Waals surface area (Å²) in [6.45, 7) is 15.8. The zero-order chi connectivity index (χ0) is 20.1. The predicted molar refractivity (Wildman–Crippen MR) is 117 cm³/mol. The summed E-state index contributed by atoms with van der Waals surface area (Å²) >= 11 is 0. The molecule has 1 aromatic carbocycles. The van der Waals surface area contributed by atoms with E-state index in [2.05, 4.69) is 61.7 Å². The van der Waals surface area contributed by atoms with E-state index in [4.69, 9.17) is 5.73 Å². The molecule has 0 radical (unpaired) electrons. The average molecular weight is 377 g/mol. The fourth-order valence-corrected chi connectivity index (χ4v) is 3.42. The quantitative estimate of drug-likeness (QED) is 0.702. The molecule has 4 rings (SSSR count). The normalized spacial score (nSPS) is 14.5. The summed E-state index contributed by atoms with van der Waals surface area (Å²) in [6, 6.07) is 10.6. The SMILES string of the molecule is C=BC.Cc1nc2c(C)c(N3CCN(Cc4ccccc4)CC3)nc(N)n2n1. The fraction of sp³-hybridized carbons (Fsp3) is 0.400. The second-order valence-corrected chi connectivity index (χ2v) is 6.97. The van der Waals surface area contributed by atoms with E-state index in [0.29, 0.717) is 11.8 Å². The van der Waals surface area contributed by atoms with Crippen LogP contribution >= 0.6 is 0 Å². The van der Waals surface area contributed by atoms with Crippen LogP contribution in [0.15, 0.2) is 30.3 Å². The van der Waals surface area contributed by atoms with E-state index in [1.807, 2.05) is 20.7 Å². The monoisotopic (exact) mass is 377 g/mol. The number of anilines is 2. The van der Waals surface area contributed by atoms with Gasteiger partial charge >= 0.3 is 20.2 Å². The third-order valence-corrected chi connectivity index (χ3v) is 4.74. The van der Waals surface area contributed by atoms with Crippen LogP contribution in [0.3, 0.4) is 0 Å². The Morgan fingerprint density at radius 1 is 1.07 bits per heavy atom. The first-order valence-electron chi connectivity index (χ1n) is 9.61. The summed E-state index contributed by atoms with van der Waals surface area (Å²) in [5.74, 6) is 2.03. The largest absolute Gasteiger partial charge is 0.368 e. The van der Waals surface area contributed by atoms with Crippen LogP contribution in [0.25, 0.3) is 5.65 Å². The van der Waals surface area contributed by atoms with Crippen LogP contribution in [0.2, 0.25) is 6.82 Å². The van der Waals surface area contributed by atoms with Gasteiger partial charge in [0.2, 0.25) is 5.95 Å². The maximum absolute atomic E-state index is 6.09. The Morgan fingerprint density at radius 3 is 2.36 bits per heavy atom. The van der Waals surface area contributed by atoms with Gasteiger partial charge in [-0.3, -0.25) is 4.90 Å². The van der Waals surface area contributed by atoms with E-state index in [9.17, 15) is 0 Å². The van der Waals surface area contributed by atoms with Gasteiger partial charge in [0.25, 0.3) is 0 Å². The number of fused-ring (bicyclic) bond motifs is 1. The van der Waals surface area contributed by atoms with Gasteiger partial charge in [0.1, 0.15) is 11.6 Å². The van der Waals surface area contributed by atoms with Crippen LogP contribution in [0.4, 0.5) is 11.8 Å². The van der Waals surface area contributed by atoms with Crippen molar-refractivity contribution in [3.63, 3.8) is 0 Å². The first-order chi connectivity index (χ1) is 13.5. The zero-order valence-electron chi connectivity index (χ0n) is 17.0. The first kappa shape index (κ1) is 20.0. The standard InChI is InChI=1S/C18H23N7.C2H5B/c1-13-16(21-18(19)25-17(13)20-14(2)22-25)24-10-8-23(9-11-24)12-15-6-4-3-5-7-15;1-3-2/h3-7H,8-12H2,1-2H3,(H2,19,21);1H2,2H3. The molecule has 0 bridgehead atoms. The molecule has 0 saturated carbocycles. The van der Waals surface area contributed by atoms with Gasteiger partial charge in [-0.2, -0.15) is 9.50 Å². The summed E-state index contributed by atoms with van der Waals surface area (Å²) in [5.41, 5.74) is 9.28. The van der Waals surface area contributed by atoms with Gasteiger partial charge in [0.15, 0.2) is 5.65 Å². The number of hydrogen-bond acceptors (Lipinski definition) is 6. The molecule has 0 spiro atoms. The van der Waals surface area contributed by atoms with Gasteiger partial charge in [0.05, 0.1) is 0 Å². The smallest absolute Gasteiger partial charge is 0.225 e. The van der Waals surface area contributed by atoms with Crippen LogP contribution in [0, 0.1) is 13.8 Å². The zero-order valence-corrected chi connectivity index (χ0v) is 17.0. The second kappa shape index (κ2) is 8.97. The van der Waals surface area contributed by atoms with E-state index < -0.39 is 0 Å². The summed E-state index contributed by atoms with van der Waals surface area (Å²) < 4.78 is 1.62. The Kier molecular flexibility index (Phi) is 6.41. The van der Waals surface area contributed by atoms with Crippen molar-refractivity contribution < 1.29 is 0 Å². The number of nitrogens with zero attached hydrogens (tertiary/aromatic N) is 6. The molecule has 2 N–H and O–H groups in total. The molecular weight excluding hydrogens is 349 g/mol. The molecule has 3 heterocycles. The van der Waals surface area contributed by atoms with E-state index >= 15 is 0 Å². The number of piperazine rings is 1. The minimum Gasteiger partial charge on any atom is -0.368 e. The van der Waals surface area contributed by atoms with Gasteiger partial charge in [-0.1, -0.05) is 30.3 Å². The average Bonchev–Trinajstić information content (AvgIpc) is 3.10. The van der Waals surface area contributed by atoms with Gasteiger partial charge in [-0.25, -0.2) is 4.98 Å². The maximum atomic E-state index is 6.09. The molecule has 7 nitrogen and oxygen atoms in total. The predicted octanol–water partition coefficient (Wildman–Crippen LogP) is 1.82. The van der Waals surface area contributed by atoms with Crippen molar-refractivity contribution in [1.29, 1.82) is 0 Å². The van der Waals surface area contributed by atoms with Gasteiger partial charge in [0, 0.05) is 38.3 Å². The minimum atomic E-state index is 0.392. The van der Waals surface area contributed by atoms with Crippen molar-refractivity contribution in [2.45, 2.75) is 27.2 Å². The molecule has 1 saturated heterocycles. The molecule has 8 heteroatoms. The first-order valence-corrected chi connectivity index (χ1v) is 9.61. The molecule has 0 unspecified atom stereocenters. The molecule has 0 atom stereocenters. The van der Waals surface area contributed by atoms with Crippen molar-refractivity contribution in [1.82, 2.24) is 24.5 Å². The third kappa shape index (κ3) is 4.39. The molecular formula is C20H28BN7. The fourth-order valence-electron chi connectivity index (χ4n) is 3.42. The van der Waals surface area contributed by atoms with E-state index in [0.717, 1.165) is 49.8 Å². The third-order valence-electron chi connectivity index (χ3n) is 4.74. The summed E-state index contributed by atoms with van der Waals surface area (Å²) in [6.07, 6.45) is 0. The number of benzene rings is 1. The van der Waals surface area contributed by atoms with E-state index in [1.165, 1.54) is 5.56 Å². The van der Waals surface area contributed by atoms with Crippen molar-refractivity contribution in [3.05, 3.63) is 47.3 Å². The van der Waals surface area contributed by atoms with Crippen LogP contribution in [-0.2, 0) is 6.54 Å². The molecule has 0 aliphatic carbocycles. The Labute approximate surface area is 167 Å². The van der Waals surface area contributed by atoms with Crippen molar-refractivity contribution in [2.24, 2.45) is 0 Å². The number of nitrogen functional groups attached to an aromatic ring is 1. The van der Waals surface area contributed by atoms with Crippen molar-refractivity contribution in [2.75, 3.05) is 36.8 Å². The number of aromatic nitrogens is 4. The number of rotatable bonds is 3. The molecule has 1 fully saturated rings.